The third-order valence-electron chi connectivity index (χ3n) is 3.69. The van der Waals surface area contributed by atoms with Crippen molar-refractivity contribution in [3.63, 3.8) is 0 Å². The number of hydrogen-bond donors (Lipinski definition) is 2. The predicted octanol–water partition coefficient (Wildman–Crippen LogP) is 0.200. The van der Waals surface area contributed by atoms with Gasteiger partial charge >= 0.3 is 0 Å². The second-order valence-electron chi connectivity index (χ2n) is 5.33. The highest BCUT2D eigenvalue weighted by atomic mass is 32.1. The van der Waals surface area contributed by atoms with E-state index in [1.165, 1.54) is 0 Å². The van der Waals surface area contributed by atoms with Gasteiger partial charge in [-0.25, -0.2) is 0 Å². The Morgan fingerprint density at radius 3 is 2.90 bits per heavy atom. The summed E-state index contributed by atoms with van der Waals surface area (Å²) >= 11 is 4.90. The predicted molar refractivity (Wildman–Crippen MR) is 83.2 cm³/mol. The van der Waals surface area contributed by atoms with Crippen molar-refractivity contribution in [3.05, 3.63) is 24.0 Å². The van der Waals surface area contributed by atoms with Crippen LogP contribution in [0.3, 0.4) is 0 Å². The SMILES string of the molecule is NC(=S)c1ccc(N2CCOCC2C(=O)NC2CC2)cn1. The van der Waals surface area contributed by atoms with Crippen LogP contribution in [0.4, 0.5) is 5.69 Å². The number of carbonyl (C=O) groups excluding carboxylic acids is 1. The maximum Gasteiger partial charge on any atom is 0.245 e. The van der Waals surface area contributed by atoms with E-state index < -0.39 is 0 Å². The summed E-state index contributed by atoms with van der Waals surface area (Å²) in [6, 6.07) is 3.71. The van der Waals surface area contributed by atoms with E-state index in [2.05, 4.69) is 10.3 Å². The number of rotatable bonds is 4. The molecule has 21 heavy (non-hydrogen) atoms. The second kappa shape index (κ2) is 5.95. The molecule has 2 fully saturated rings. The molecular formula is C14H18N4O2S. The normalized spacial score (nSPS) is 21.9. The van der Waals surface area contributed by atoms with Gasteiger partial charge in [0.05, 0.1) is 30.8 Å². The molecule has 0 radical (unpaired) electrons. The largest absolute Gasteiger partial charge is 0.388 e. The van der Waals surface area contributed by atoms with E-state index >= 15 is 0 Å². The number of nitrogens with one attached hydrogen (secondary N) is 1. The van der Waals surface area contributed by atoms with Crippen LogP contribution in [0.5, 0.6) is 0 Å². The fourth-order valence-electron chi connectivity index (χ4n) is 2.36. The quantitative estimate of drug-likeness (QED) is 0.774. The molecule has 1 saturated heterocycles. The van der Waals surface area contributed by atoms with Gasteiger partial charge < -0.3 is 20.7 Å². The van der Waals surface area contributed by atoms with Gasteiger partial charge in [0.15, 0.2) is 0 Å². The summed E-state index contributed by atoms with van der Waals surface area (Å²) in [6.45, 7) is 1.66. The highest BCUT2D eigenvalue weighted by molar-refractivity contribution is 7.80. The summed E-state index contributed by atoms with van der Waals surface area (Å²) in [6.07, 6.45) is 3.85. The lowest BCUT2D eigenvalue weighted by Gasteiger charge is -2.36. The lowest BCUT2D eigenvalue weighted by Crippen LogP contribution is -2.54. The molecule has 112 valence electrons. The number of ether oxygens (including phenoxy) is 1. The summed E-state index contributed by atoms with van der Waals surface area (Å²) in [5.41, 5.74) is 7.02. The number of pyridine rings is 1. The number of morpholine rings is 1. The number of hydrogen-bond acceptors (Lipinski definition) is 5. The molecule has 0 aromatic carbocycles. The summed E-state index contributed by atoms with van der Waals surface area (Å²) in [7, 11) is 0. The van der Waals surface area contributed by atoms with Gasteiger partial charge in [0.1, 0.15) is 11.0 Å². The van der Waals surface area contributed by atoms with Crippen LogP contribution in [0, 0.1) is 0 Å². The molecule has 1 atom stereocenters. The minimum atomic E-state index is -0.308. The molecule has 1 aromatic heterocycles. The lowest BCUT2D eigenvalue weighted by atomic mass is 10.2. The van der Waals surface area contributed by atoms with Crippen molar-refractivity contribution in [2.45, 2.75) is 24.9 Å². The number of nitrogens with two attached hydrogens (primary N) is 1. The van der Waals surface area contributed by atoms with E-state index in [9.17, 15) is 4.79 Å². The van der Waals surface area contributed by atoms with E-state index in [0.29, 0.717) is 31.5 Å². The minimum Gasteiger partial charge on any atom is -0.388 e. The summed E-state index contributed by atoms with van der Waals surface area (Å²) in [5.74, 6) is 0.0237. The van der Waals surface area contributed by atoms with E-state index in [4.69, 9.17) is 22.7 Å². The first-order valence-corrected chi connectivity index (χ1v) is 7.46. The number of carbonyl (C=O) groups is 1. The first-order chi connectivity index (χ1) is 10.1. The van der Waals surface area contributed by atoms with E-state index in [0.717, 1.165) is 18.5 Å². The fraction of sp³-hybridized carbons (Fsp3) is 0.500. The van der Waals surface area contributed by atoms with Gasteiger partial charge in [-0.05, 0) is 25.0 Å². The maximum atomic E-state index is 12.3. The Bertz CT molecular complexity index is 544. The molecule has 6 nitrogen and oxygen atoms in total. The third-order valence-corrected chi connectivity index (χ3v) is 3.90. The number of anilines is 1. The van der Waals surface area contributed by atoms with Crippen LogP contribution in [0.2, 0.25) is 0 Å². The van der Waals surface area contributed by atoms with Crippen molar-refractivity contribution in [2.24, 2.45) is 5.73 Å². The fourth-order valence-corrected chi connectivity index (χ4v) is 2.48. The Morgan fingerprint density at radius 2 is 2.29 bits per heavy atom. The molecule has 1 aliphatic heterocycles. The zero-order valence-corrected chi connectivity index (χ0v) is 12.4. The van der Waals surface area contributed by atoms with Crippen LogP contribution < -0.4 is 16.0 Å². The molecule has 7 heteroatoms. The minimum absolute atomic E-state index is 0.0237. The molecule has 2 heterocycles. The molecular weight excluding hydrogens is 288 g/mol. The van der Waals surface area contributed by atoms with E-state index in [-0.39, 0.29) is 16.9 Å². The van der Waals surface area contributed by atoms with Crippen molar-refractivity contribution >= 4 is 28.8 Å². The number of aromatic nitrogens is 1. The van der Waals surface area contributed by atoms with Crippen LogP contribution in [0.25, 0.3) is 0 Å². The Labute approximate surface area is 128 Å². The van der Waals surface area contributed by atoms with Gasteiger partial charge in [-0.15, -0.1) is 0 Å². The molecule has 1 aliphatic carbocycles. The average Bonchev–Trinajstić information content (AvgIpc) is 3.31. The van der Waals surface area contributed by atoms with E-state index in [1.807, 2.05) is 11.0 Å². The van der Waals surface area contributed by atoms with Crippen LogP contribution in [0.1, 0.15) is 18.5 Å². The maximum absolute atomic E-state index is 12.3. The molecule has 3 N–H and O–H groups in total. The monoisotopic (exact) mass is 306 g/mol. The molecule has 1 unspecified atom stereocenters. The van der Waals surface area contributed by atoms with Crippen molar-refractivity contribution in [2.75, 3.05) is 24.7 Å². The van der Waals surface area contributed by atoms with Crippen LogP contribution in [-0.2, 0) is 9.53 Å². The summed E-state index contributed by atoms with van der Waals surface area (Å²) < 4.78 is 5.46. The second-order valence-corrected chi connectivity index (χ2v) is 5.77. The van der Waals surface area contributed by atoms with Crippen molar-refractivity contribution in [1.29, 1.82) is 0 Å². The number of amides is 1. The van der Waals surface area contributed by atoms with Gasteiger partial charge in [0, 0.05) is 12.6 Å². The third kappa shape index (κ3) is 3.30. The Kier molecular flexibility index (Phi) is 4.03. The van der Waals surface area contributed by atoms with Crippen molar-refractivity contribution in [1.82, 2.24) is 10.3 Å². The molecule has 2 aliphatic rings. The van der Waals surface area contributed by atoms with E-state index in [1.54, 1.807) is 12.3 Å². The molecule has 0 spiro atoms. The Balaban J connectivity index is 1.76. The van der Waals surface area contributed by atoms with Crippen LogP contribution in [-0.4, -0.2) is 47.7 Å². The first kappa shape index (κ1) is 14.2. The Hall–Kier alpha value is -1.73. The summed E-state index contributed by atoms with van der Waals surface area (Å²) in [5, 5.41) is 3.03. The average molecular weight is 306 g/mol. The molecule has 3 rings (SSSR count). The van der Waals surface area contributed by atoms with Gasteiger partial charge in [-0.3, -0.25) is 9.78 Å². The van der Waals surface area contributed by atoms with Gasteiger partial charge in [-0.1, -0.05) is 12.2 Å². The molecule has 1 aromatic rings. The number of thiocarbonyl (C=S) groups is 1. The summed E-state index contributed by atoms with van der Waals surface area (Å²) in [4.78, 5) is 18.8. The number of nitrogens with zero attached hydrogens (tertiary/aromatic N) is 2. The smallest absolute Gasteiger partial charge is 0.245 e. The highest BCUT2D eigenvalue weighted by Crippen LogP contribution is 2.22. The molecule has 1 saturated carbocycles. The van der Waals surface area contributed by atoms with Crippen molar-refractivity contribution < 1.29 is 9.53 Å². The Morgan fingerprint density at radius 1 is 1.48 bits per heavy atom. The zero-order chi connectivity index (χ0) is 14.8. The standard InChI is InChI=1S/C14H18N4O2S/c15-13(21)11-4-3-10(7-16-11)18-5-6-20-8-12(18)14(19)17-9-1-2-9/h3-4,7,9,12H,1-2,5-6,8H2,(H2,15,21)(H,17,19). The van der Waals surface area contributed by atoms with Gasteiger partial charge in [-0.2, -0.15) is 0 Å². The van der Waals surface area contributed by atoms with Gasteiger partial charge in [0.2, 0.25) is 5.91 Å². The topological polar surface area (TPSA) is 80.5 Å². The van der Waals surface area contributed by atoms with Crippen LogP contribution >= 0.6 is 12.2 Å². The zero-order valence-electron chi connectivity index (χ0n) is 11.6. The first-order valence-electron chi connectivity index (χ1n) is 7.06. The van der Waals surface area contributed by atoms with Crippen LogP contribution in [0.15, 0.2) is 18.3 Å². The van der Waals surface area contributed by atoms with Crippen molar-refractivity contribution in [3.8, 4) is 0 Å². The molecule has 0 bridgehead atoms. The highest BCUT2D eigenvalue weighted by Gasteiger charge is 2.33. The molecule has 1 amide bonds. The van der Waals surface area contributed by atoms with Gasteiger partial charge in [0.25, 0.3) is 0 Å². The lowest BCUT2D eigenvalue weighted by molar-refractivity contribution is -0.124.